The Bertz CT molecular complexity index is 1460. The number of carbonyl (C=O) groups excluding carboxylic acids is 1. The van der Waals surface area contributed by atoms with Crippen molar-refractivity contribution in [3.8, 4) is 23.0 Å². The zero-order valence-electron chi connectivity index (χ0n) is 24.2. The molecule has 3 aromatic rings. The molecule has 1 aliphatic heterocycles. The number of thiophene rings is 1. The van der Waals surface area contributed by atoms with Gasteiger partial charge >= 0.3 is 0 Å². The zero-order chi connectivity index (χ0) is 29.7. The van der Waals surface area contributed by atoms with Gasteiger partial charge in [-0.3, -0.25) is 4.79 Å². The Balaban J connectivity index is 1.40. The molecule has 1 aromatic heterocycles. The van der Waals surface area contributed by atoms with Crippen LogP contribution in [0.15, 0.2) is 42.6 Å². The number of hydrogen-bond acceptors (Lipinski definition) is 7. The van der Waals surface area contributed by atoms with Crippen LogP contribution in [0.5, 0.6) is 23.0 Å². The van der Waals surface area contributed by atoms with Crippen molar-refractivity contribution in [3.63, 3.8) is 0 Å². The van der Waals surface area contributed by atoms with E-state index in [4.69, 9.17) is 18.9 Å². The van der Waals surface area contributed by atoms with E-state index in [1.54, 1.807) is 12.1 Å². The quantitative estimate of drug-likeness (QED) is 0.102. The monoisotopic (exact) mass is 585 g/mol. The van der Waals surface area contributed by atoms with Crippen LogP contribution >= 0.6 is 11.3 Å². The summed E-state index contributed by atoms with van der Waals surface area (Å²) in [6, 6.07) is 5.06. The molecular weight excluding hydrogens is 548 g/mol. The number of ether oxygens (including phenoxy) is 4. The van der Waals surface area contributed by atoms with Gasteiger partial charge in [0.2, 0.25) is 0 Å². The molecule has 220 valence electrons. The summed E-state index contributed by atoms with van der Waals surface area (Å²) < 4.78 is 53.9. The molecule has 0 bridgehead atoms. The lowest BCUT2D eigenvalue weighted by Crippen LogP contribution is -2.15. The van der Waals surface area contributed by atoms with Gasteiger partial charge in [-0.2, -0.15) is 0 Å². The van der Waals surface area contributed by atoms with Gasteiger partial charge in [-0.15, -0.1) is 17.9 Å². The number of carbonyl (C=O) groups is 1. The molecule has 41 heavy (non-hydrogen) atoms. The van der Waals surface area contributed by atoms with Gasteiger partial charge in [0.15, 0.2) is 40.4 Å². The Labute approximate surface area is 244 Å². The van der Waals surface area contributed by atoms with Gasteiger partial charge < -0.3 is 23.8 Å². The first-order chi connectivity index (χ1) is 19.7. The molecular formula is C32H37F2NO5S. The number of ketones is 1. The van der Waals surface area contributed by atoms with E-state index >= 15 is 8.78 Å². The lowest BCUT2D eigenvalue weighted by molar-refractivity contribution is 0.0985. The largest absolute Gasteiger partial charge is 0.493 e. The summed E-state index contributed by atoms with van der Waals surface area (Å²) in [5.74, 6) is -0.448. The lowest BCUT2D eigenvalue weighted by atomic mass is 10.1. The number of benzene rings is 2. The maximum atomic E-state index is 15.6. The van der Waals surface area contributed by atoms with Crippen molar-refractivity contribution in [3.05, 3.63) is 70.3 Å². The topological polar surface area (TPSA) is 57.2 Å². The van der Waals surface area contributed by atoms with Crippen LogP contribution in [0, 0.1) is 11.6 Å². The molecule has 0 aliphatic carbocycles. The smallest absolute Gasteiger partial charge is 0.197 e. The van der Waals surface area contributed by atoms with Crippen LogP contribution in [0.3, 0.4) is 0 Å². The van der Waals surface area contributed by atoms with Crippen LogP contribution in [-0.4, -0.2) is 38.1 Å². The van der Waals surface area contributed by atoms with Gasteiger partial charge in [-0.25, -0.2) is 8.78 Å². The Morgan fingerprint density at radius 3 is 2.24 bits per heavy atom. The van der Waals surface area contributed by atoms with Crippen molar-refractivity contribution < 1.29 is 32.5 Å². The number of rotatable bonds is 15. The fourth-order valence-corrected chi connectivity index (χ4v) is 5.82. The number of allylic oxidation sites excluding steroid dienone is 2. The third-order valence-corrected chi connectivity index (χ3v) is 8.16. The highest BCUT2D eigenvalue weighted by molar-refractivity contribution is 7.20. The summed E-state index contributed by atoms with van der Waals surface area (Å²) in [5, 5.41) is 0.322. The SMILES string of the molecule is C=C(C)CCC(=C)N1Cc2cc(OC)c(OCCCOc3c(OC)cc4sc(C(=O)CCC)cc4c3F)c(F)c2C1. The Morgan fingerprint density at radius 2 is 1.61 bits per heavy atom. The first-order valence-electron chi connectivity index (χ1n) is 13.7. The average Bonchev–Trinajstić information content (AvgIpc) is 3.58. The fourth-order valence-electron chi connectivity index (χ4n) is 4.77. The second-order valence-electron chi connectivity index (χ2n) is 10.2. The number of fused-ring (bicyclic) bond motifs is 2. The maximum absolute atomic E-state index is 15.6. The minimum absolute atomic E-state index is 0.0127. The predicted molar refractivity (Wildman–Crippen MR) is 159 cm³/mol. The third kappa shape index (κ3) is 6.67. The number of nitrogens with zero attached hydrogens (tertiary/aromatic N) is 1. The molecule has 0 saturated carbocycles. The second kappa shape index (κ2) is 13.4. The van der Waals surface area contributed by atoms with E-state index in [9.17, 15) is 4.79 Å². The van der Waals surface area contributed by atoms with E-state index in [1.807, 2.05) is 19.9 Å². The van der Waals surface area contributed by atoms with Gasteiger partial charge in [-0.05, 0) is 43.9 Å². The van der Waals surface area contributed by atoms with Crippen LogP contribution in [0.2, 0.25) is 0 Å². The van der Waals surface area contributed by atoms with E-state index in [2.05, 4.69) is 18.1 Å². The molecule has 1 aliphatic rings. The van der Waals surface area contributed by atoms with Crippen molar-refractivity contribution in [2.24, 2.45) is 0 Å². The van der Waals surface area contributed by atoms with E-state index < -0.39 is 11.6 Å². The molecule has 2 aromatic carbocycles. The number of halogens is 2. The van der Waals surface area contributed by atoms with Crippen LogP contribution in [0.25, 0.3) is 10.1 Å². The standard InChI is InChI=1S/C32H37F2NO5S/c1-7-9-24(36)28-15-22-27(41-28)16-26(38-6)32(29(22)33)40-13-8-12-39-31-25(37-5)14-21-17-35(18-23(21)30(31)34)20(4)11-10-19(2)3/h14-16H,2,4,7-13,17-18H2,1,3,5-6H3. The molecule has 0 saturated heterocycles. The van der Waals surface area contributed by atoms with Crippen molar-refractivity contribution >= 4 is 27.2 Å². The first kappa shape index (κ1) is 30.4. The number of methoxy groups -OCH3 is 2. The van der Waals surface area contributed by atoms with Crippen molar-refractivity contribution in [1.82, 2.24) is 4.90 Å². The summed E-state index contributed by atoms with van der Waals surface area (Å²) in [5.41, 5.74) is 3.43. The van der Waals surface area contributed by atoms with Crippen LogP contribution < -0.4 is 18.9 Å². The Morgan fingerprint density at radius 1 is 0.951 bits per heavy atom. The molecule has 0 fully saturated rings. The minimum atomic E-state index is -0.576. The van der Waals surface area contributed by atoms with Gasteiger partial charge in [0.25, 0.3) is 0 Å². The average molecular weight is 586 g/mol. The summed E-state index contributed by atoms with van der Waals surface area (Å²) in [6.45, 7) is 13.2. The molecule has 0 radical (unpaired) electrons. The molecule has 9 heteroatoms. The van der Waals surface area contributed by atoms with Gasteiger partial charge in [0.1, 0.15) is 0 Å². The normalized spacial score (nSPS) is 12.4. The highest BCUT2D eigenvalue weighted by Crippen LogP contribution is 2.41. The highest BCUT2D eigenvalue weighted by atomic mass is 32.1. The molecule has 0 amide bonds. The summed E-state index contributed by atoms with van der Waals surface area (Å²) in [4.78, 5) is 14.9. The number of Topliss-reactive ketones (excluding diaryl/α,β-unsaturated/α-hetero) is 1. The molecule has 2 heterocycles. The molecule has 0 unspecified atom stereocenters. The predicted octanol–water partition coefficient (Wildman–Crippen LogP) is 8.21. The van der Waals surface area contributed by atoms with E-state index in [1.165, 1.54) is 25.6 Å². The van der Waals surface area contributed by atoms with Crippen LogP contribution in [-0.2, 0) is 13.1 Å². The molecule has 0 N–H and O–H groups in total. The highest BCUT2D eigenvalue weighted by Gasteiger charge is 2.28. The van der Waals surface area contributed by atoms with Gasteiger partial charge in [0, 0.05) is 53.3 Å². The molecule has 6 nitrogen and oxygen atoms in total. The molecule has 0 spiro atoms. The Kier molecular flexibility index (Phi) is 9.91. The van der Waals surface area contributed by atoms with Crippen molar-refractivity contribution in [2.45, 2.75) is 59.0 Å². The van der Waals surface area contributed by atoms with Crippen molar-refractivity contribution in [1.29, 1.82) is 0 Å². The van der Waals surface area contributed by atoms with Crippen molar-refractivity contribution in [2.75, 3.05) is 27.4 Å². The molecule has 0 atom stereocenters. The van der Waals surface area contributed by atoms with E-state index in [0.29, 0.717) is 52.2 Å². The van der Waals surface area contributed by atoms with Crippen LogP contribution in [0.1, 0.15) is 66.8 Å². The molecule has 4 rings (SSSR count). The zero-order valence-corrected chi connectivity index (χ0v) is 25.0. The second-order valence-corrected chi connectivity index (χ2v) is 11.3. The van der Waals surface area contributed by atoms with Gasteiger partial charge in [0.05, 0.1) is 32.3 Å². The lowest BCUT2D eigenvalue weighted by Gasteiger charge is -2.20. The van der Waals surface area contributed by atoms with Gasteiger partial charge in [-0.1, -0.05) is 19.1 Å². The summed E-state index contributed by atoms with van der Waals surface area (Å²) in [7, 11) is 2.92. The van der Waals surface area contributed by atoms with E-state index in [-0.39, 0.29) is 36.2 Å². The fraction of sp³-hybridized carbons (Fsp3) is 0.406. The summed E-state index contributed by atoms with van der Waals surface area (Å²) >= 11 is 1.24. The minimum Gasteiger partial charge on any atom is -0.493 e. The number of hydrogen-bond donors (Lipinski definition) is 0. The summed E-state index contributed by atoms with van der Waals surface area (Å²) in [6.07, 6.45) is 3.10. The van der Waals surface area contributed by atoms with E-state index in [0.717, 1.165) is 36.1 Å². The first-order valence-corrected chi connectivity index (χ1v) is 14.5. The third-order valence-electron chi connectivity index (χ3n) is 7.03. The maximum Gasteiger partial charge on any atom is 0.197 e. The Hall–Kier alpha value is -3.59. The van der Waals surface area contributed by atoms with Crippen LogP contribution in [0.4, 0.5) is 8.78 Å².